The Morgan fingerprint density at radius 3 is 2.67 bits per heavy atom. The summed E-state index contributed by atoms with van der Waals surface area (Å²) >= 11 is 0. The highest BCUT2D eigenvalue weighted by Gasteiger charge is 1.97. The second kappa shape index (κ2) is 3.44. The minimum atomic E-state index is -0.135. The second-order valence-corrected chi connectivity index (χ2v) is 2.09. The van der Waals surface area contributed by atoms with E-state index in [9.17, 15) is 4.79 Å². The van der Waals surface area contributed by atoms with E-state index in [4.69, 9.17) is 10.2 Å². The van der Waals surface area contributed by atoms with Gasteiger partial charge in [0.25, 0.3) is 0 Å². The predicted octanol–water partition coefficient (Wildman–Crippen LogP) is 0.648. The summed E-state index contributed by atoms with van der Waals surface area (Å²) in [6.45, 7) is 0. The molecule has 2 N–H and O–H groups in total. The first-order valence-corrected chi connectivity index (χ1v) is 3.21. The molecule has 0 aliphatic heterocycles. The first kappa shape index (κ1) is 8.15. The van der Waals surface area contributed by atoms with Gasteiger partial charge in [-0.15, -0.1) is 0 Å². The molecule has 0 heterocycles. The summed E-state index contributed by atoms with van der Waals surface area (Å²) in [7, 11) is 0. The number of benzene rings is 1. The number of aldehydes is 1. The van der Waals surface area contributed by atoms with E-state index in [1.54, 1.807) is 0 Å². The van der Waals surface area contributed by atoms with Crippen molar-refractivity contribution in [2.24, 2.45) is 0 Å². The first-order valence-electron chi connectivity index (χ1n) is 3.21. The van der Waals surface area contributed by atoms with Crippen LogP contribution in [0.1, 0.15) is 5.56 Å². The fourth-order valence-electron chi connectivity index (χ4n) is 0.733. The molecule has 0 atom stereocenters. The van der Waals surface area contributed by atoms with E-state index in [-0.39, 0.29) is 11.5 Å². The minimum Gasteiger partial charge on any atom is -0.508 e. The molecule has 60 valence electrons. The van der Waals surface area contributed by atoms with Crippen molar-refractivity contribution in [3.05, 3.63) is 23.8 Å². The SMILES string of the molecule is O=CC#Cc1ccc(O)cc1O. The van der Waals surface area contributed by atoms with Crippen molar-refractivity contribution in [1.82, 2.24) is 0 Å². The summed E-state index contributed by atoms with van der Waals surface area (Å²) in [5.41, 5.74) is 0.319. The maximum absolute atomic E-state index is 9.85. The molecule has 0 amide bonds. The van der Waals surface area contributed by atoms with E-state index < -0.39 is 0 Å². The van der Waals surface area contributed by atoms with Gasteiger partial charge >= 0.3 is 0 Å². The van der Waals surface area contributed by atoms with Crippen molar-refractivity contribution in [3.63, 3.8) is 0 Å². The van der Waals surface area contributed by atoms with Crippen LogP contribution in [0, 0.1) is 11.8 Å². The third-order valence-corrected chi connectivity index (χ3v) is 1.25. The first-order chi connectivity index (χ1) is 5.74. The molecule has 1 aromatic rings. The molecule has 3 heteroatoms. The van der Waals surface area contributed by atoms with Crippen LogP contribution in [0.25, 0.3) is 0 Å². The molecular formula is C9H6O3. The molecule has 12 heavy (non-hydrogen) atoms. The molecule has 0 aromatic heterocycles. The van der Waals surface area contributed by atoms with Gasteiger partial charge in [0.05, 0.1) is 5.56 Å². The third kappa shape index (κ3) is 1.77. The zero-order valence-corrected chi connectivity index (χ0v) is 6.11. The number of carbonyl (C=O) groups excluding carboxylic acids is 1. The van der Waals surface area contributed by atoms with Gasteiger partial charge in [-0.3, -0.25) is 4.79 Å². The van der Waals surface area contributed by atoms with Gasteiger partial charge in [-0.2, -0.15) is 0 Å². The lowest BCUT2D eigenvalue weighted by atomic mass is 10.2. The number of phenols is 2. The Morgan fingerprint density at radius 1 is 1.33 bits per heavy atom. The molecule has 0 saturated heterocycles. The minimum absolute atomic E-state index is 0.0378. The van der Waals surface area contributed by atoms with Crippen molar-refractivity contribution in [1.29, 1.82) is 0 Å². The second-order valence-electron chi connectivity index (χ2n) is 2.09. The largest absolute Gasteiger partial charge is 0.508 e. The molecule has 0 radical (unpaired) electrons. The zero-order valence-electron chi connectivity index (χ0n) is 6.11. The van der Waals surface area contributed by atoms with Gasteiger partial charge in [0.15, 0.2) is 6.29 Å². The molecule has 0 aliphatic rings. The van der Waals surface area contributed by atoms with Crippen LogP contribution < -0.4 is 0 Å². The van der Waals surface area contributed by atoms with Crippen LogP contribution in [-0.4, -0.2) is 16.5 Å². The zero-order chi connectivity index (χ0) is 8.97. The summed E-state index contributed by atoms with van der Waals surface area (Å²) < 4.78 is 0. The number of carbonyl (C=O) groups is 1. The van der Waals surface area contributed by atoms with Crippen LogP contribution in [0.3, 0.4) is 0 Å². The van der Waals surface area contributed by atoms with Gasteiger partial charge in [-0.05, 0) is 18.1 Å². The summed E-state index contributed by atoms with van der Waals surface area (Å²) in [5.74, 6) is 4.39. The topological polar surface area (TPSA) is 57.5 Å². The average Bonchev–Trinajstić information content (AvgIpc) is 2.03. The molecule has 0 spiro atoms. The predicted molar refractivity (Wildman–Crippen MR) is 42.7 cm³/mol. The van der Waals surface area contributed by atoms with Gasteiger partial charge in [-0.25, -0.2) is 0 Å². The van der Waals surface area contributed by atoms with Crippen molar-refractivity contribution in [3.8, 4) is 23.3 Å². The maximum Gasteiger partial charge on any atom is 0.193 e. The molecule has 0 unspecified atom stereocenters. The summed E-state index contributed by atoms with van der Waals surface area (Å²) in [6.07, 6.45) is 0.437. The van der Waals surface area contributed by atoms with Crippen molar-refractivity contribution in [2.75, 3.05) is 0 Å². The Balaban J connectivity index is 3.09. The van der Waals surface area contributed by atoms with E-state index in [1.807, 2.05) is 0 Å². The van der Waals surface area contributed by atoms with Crippen LogP contribution in [0.2, 0.25) is 0 Å². The lowest BCUT2D eigenvalue weighted by molar-refractivity contribution is -0.103. The Bertz CT molecular complexity index is 358. The Kier molecular flexibility index (Phi) is 2.34. The smallest absolute Gasteiger partial charge is 0.193 e. The monoisotopic (exact) mass is 162 g/mol. The maximum atomic E-state index is 9.85. The quantitative estimate of drug-likeness (QED) is 0.435. The van der Waals surface area contributed by atoms with Crippen LogP contribution in [0.15, 0.2) is 18.2 Å². The van der Waals surface area contributed by atoms with Gasteiger partial charge in [0.1, 0.15) is 11.5 Å². The molecule has 1 rings (SSSR count). The van der Waals surface area contributed by atoms with E-state index in [2.05, 4.69) is 11.8 Å². The average molecular weight is 162 g/mol. The number of hydrogen-bond acceptors (Lipinski definition) is 3. The summed E-state index contributed by atoms with van der Waals surface area (Å²) in [4.78, 5) is 9.85. The molecule has 1 aromatic carbocycles. The third-order valence-electron chi connectivity index (χ3n) is 1.25. The number of aromatic hydroxyl groups is 2. The number of rotatable bonds is 0. The Hall–Kier alpha value is -1.95. The molecular weight excluding hydrogens is 156 g/mol. The van der Waals surface area contributed by atoms with Crippen molar-refractivity contribution in [2.45, 2.75) is 0 Å². The highest BCUT2D eigenvalue weighted by Crippen LogP contribution is 2.21. The number of hydrogen-bond donors (Lipinski definition) is 2. The summed E-state index contributed by atoms with van der Waals surface area (Å²) in [6, 6.07) is 3.98. The highest BCUT2D eigenvalue weighted by atomic mass is 16.3. The number of phenolic OH excluding ortho intramolecular Hbond substituents is 2. The normalized spacial score (nSPS) is 8.33. The van der Waals surface area contributed by atoms with E-state index in [0.717, 1.165) is 6.07 Å². The standard InChI is InChI=1S/C9H6O3/c10-5-1-2-7-3-4-8(11)6-9(7)12/h3-6,11-12H. The van der Waals surface area contributed by atoms with Gasteiger partial charge in [0.2, 0.25) is 0 Å². The van der Waals surface area contributed by atoms with E-state index in [1.165, 1.54) is 12.1 Å². The van der Waals surface area contributed by atoms with Crippen molar-refractivity contribution < 1.29 is 15.0 Å². The summed E-state index contributed by atoms with van der Waals surface area (Å²) in [5, 5.41) is 18.0. The molecule has 0 bridgehead atoms. The molecule has 3 nitrogen and oxygen atoms in total. The highest BCUT2D eigenvalue weighted by molar-refractivity contribution is 5.74. The Morgan fingerprint density at radius 2 is 2.08 bits per heavy atom. The van der Waals surface area contributed by atoms with E-state index >= 15 is 0 Å². The molecule has 0 aliphatic carbocycles. The fourth-order valence-corrected chi connectivity index (χ4v) is 0.733. The van der Waals surface area contributed by atoms with Crippen molar-refractivity contribution >= 4 is 6.29 Å². The van der Waals surface area contributed by atoms with Crippen LogP contribution in [-0.2, 0) is 4.79 Å². The van der Waals surface area contributed by atoms with Gasteiger partial charge in [-0.1, -0.05) is 5.92 Å². The van der Waals surface area contributed by atoms with Gasteiger partial charge in [0, 0.05) is 6.07 Å². The molecule has 0 fully saturated rings. The Labute approximate surface area is 69.3 Å². The fraction of sp³-hybridized carbons (Fsp3) is 0. The van der Waals surface area contributed by atoms with Crippen LogP contribution in [0.4, 0.5) is 0 Å². The lowest BCUT2D eigenvalue weighted by Gasteiger charge is -1.95. The van der Waals surface area contributed by atoms with Crippen LogP contribution in [0.5, 0.6) is 11.5 Å². The van der Waals surface area contributed by atoms with Crippen LogP contribution >= 0.6 is 0 Å². The lowest BCUT2D eigenvalue weighted by Crippen LogP contribution is -1.75. The molecule has 0 saturated carbocycles. The van der Waals surface area contributed by atoms with E-state index in [0.29, 0.717) is 11.8 Å². The van der Waals surface area contributed by atoms with Gasteiger partial charge < -0.3 is 10.2 Å².